The maximum atomic E-state index is 9.45. The molecule has 1 N–H and O–H groups in total. The van der Waals surface area contributed by atoms with E-state index in [1.807, 2.05) is 0 Å². The molecule has 17 heavy (non-hydrogen) atoms. The maximum Gasteiger partial charge on any atom is 0.0702 e. The fourth-order valence-electron chi connectivity index (χ4n) is 2.84. The number of nitrogens with zero attached hydrogens (tertiary/aromatic N) is 1. The van der Waals surface area contributed by atoms with Gasteiger partial charge in [-0.15, -0.1) is 0 Å². The molecule has 1 saturated heterocycles. The van der Waals surface area contributed by atoms with Crippen LogP contribution in [0, 0.1) is 12.8 Å². The Labute approximate surface area is 104 Å². The Balaban J connectivity index is 2.12. The molecule has 94 valence electrons. The van der Waals surface area contributed by atoms with Gasteiger partial charge >= 0.3 is 0 Å². The lowest BCUT2D eigenvalue weighted by Gasteiger charge is -2.22. The van der Waals surface area contributed by atoms with Crippen LogP contribution in [0.15, 0.2) is 18.2 Å². The number of aryl methyl sites for hydroxylation is 1. The second kappa shape index (κ2) is 5.54. The molecule has 0 spiro atoms. The van der Waals surface area contributed by atoms with Crippen molar-refractivity contribution in [2.24, 2.45) is 5.92 Å². The average molecular weight is 233 g/mol. The molecule has 0 bridgehead atoms. The van der Waals surface area contributed by atoms with Crippen molar-refractivity contribution < 1.29 is 5.11 Å². The van der Waals surface area contributed by atoms with E-state index in [0.717, 1.165) is 24.6 Å². The van der Waals surface area contributed by atoms with Crippen LogP contribution in [0.2, 0.25) is 0 Å². The van der Waals surface area contributed by atoms with Crippen molar-refractivity contribution in [3.05, 3.63) is 29.3 Å². The van der Waals surface area contributed by atoms with E-state index in [1.165, 1.54) is 30.5 Å². The van der Waals surface area contributed by atoms with Gasteiger partial charge in [-0.25, -0.2) is 0 Å². The summed E-state index contributed by atoms with van der Waals surface area (Å²) >= 11 is 0. The first-order chi connectivity index (χ1) is 8.24. The molecule has 0 radical (unpaired) electrons. The topological polar surface area (TPSA) is 23.5 Å². The van der Waals surface area contributed by atoms with Gasteiger partial charge in [-0.1, -0.05) is 31.0 Å². The molecule has 0 amide bonds. The fraction of sp³-hybridized carbons (Fsp3) is 0.600. The summed E-state index contributed by atoms with van der Waals surface area (Å²) in [6, 6.07) is 6.40. The minimum Gasteiger partial charge on any atom is -0.392 e. The number of aliphatic hydroxyl groups excluding tert-OH is 1. The molecule has 1 aliphatic heterocycles. The van der Waals surface area contributed by atoms with Gasteiger partial charge in [0.05, 0.1) is 6.61 Å². The van der Waals surface area contributed by atoms with Crippen LogP contribution >= 0.6 is 0 Å². The molecule has 0 saturated carbocycles. The molecule has 1 aromatic carbocycles. The Kier molecular flexibility index (Phi) is 4.06. The molecule has 2 heteroatoms. The van der Waals surface area contributed by atoms with E-state index in [9.17, 15) is 5.11 Å². The summed E-state index contributed by atoms with van der Waals surface area (Å²) in [5, 5.41) is 9.45. The average Bonchev–Trinajstić information content (AvgIpc) is 2.78. The smallest absolute Gasteiger partial charge is 0.0702 e. The van der Waals surface area contributed by atoms with Gasteiger partial charge in [0.15, 0.2) is 0 Å². The highest BCUT2D eigenvalue weighted by atomic mass is 16.3. The predicted molar refractivity (Wildman–Crippen MR) is 72.3 cm³/mol. The summed E-state index contributed by atoms with van der Waals surface area (Å²) in [7, 11) is 0. The zero-order chi connectivity index (χ0) is 12.3. The lowest BCUT2D eigenvalue weighted by molar-refractivity contribution is 0.282. The van der Waals surface area contributed by atoms with Crippen LogP contribution in [-0.4, -0.2) is 18.2 Å². The Morgan fingerprint density at radius 3 is 2.94 bits per heavy atom. The number of aliphatic hydroxyl groups is 1. The number of rotatable bonds is 4. The maximum absolute atomic E-state index is 9.45. The van der Waals surface area contributed by atoms with Gasteiger partial charge in [-0.3, -0.25) is 0 Å². The Bertz CT molecular complexity index is 375. The van der Waals surface area contributed by atoms with E-state index in [-0.39, 0.29) is 6.61 Å². The van der Waals surface area contributed by atoms with Crippen LogP contribution in [0.1, 0.15) is 37.3 Å². The Morgan fingerprint density at radius 2 is 2.24 bits per heavy atom. The second-order valence-corrected chi connectivity index (χ2v) is 5.18. The second-order valence-electron chi connectivity index (χ2n) is 5.18. The highest BCUT2D eigenvalue weighted by Crippen LogP contribution is 2.29. The number of benzene rings is 1. The summed E-state index contributed by atoms with van der Waals surface area (Å²) in [6.45, 7) is 6.77. The van der Waals surface area contributed by atoms with Gasteiger partial charge in [-0.05, 0) is 31.7 Å². The van der Waals surface area contributed by atoms with Crippen LogP contribution in [0.3, 0.4) is 0 Å². The van der Waals surface area contributed by atoms with Crippen molar-refractivity contribution in [1.29, 1.82) is 0 Å². The first kappa shape index (κ1) is 12.4. The van der Waals surface area contributed by atoms with Crippen LogP contribution in [0.5, 0.6) is 0 Å². The van der Waals surface area contributed by atoms with Crippen molar-refractivity contribution >= 4 is 5.69 Å². The molecule has 1 heterocycles. The van der Waals surface area contributed by atoms with E-state index in [1.54, 1.807) is 0 Å². The minimum absolute atomic E-state index is 0.145. The lowest BCUT2D eigenvalue weighted by Crippen LogP contribution is -2.21. The highest BCUT2D eigenvalue weighted by molar-refractivity contribution is 5.55. The molecule has 2 nitrogen and oxygen atoms in total. The largest absolute Gasteiger partial charge is 0.392 e. The minimum atomic E-state index is 0.145. The van der Waals surface area contributed by atoms with Crippen molar-refractivity contribution in [3.63, 3.8) is 0 Å². The van der Waals surface area contributed by atoms with E-state index in [2.05, 4.69) is 36.9 Å². The molecule has 1 atom stereocenters. The molecular formula is C15H23NO. The van der Waals surface area contributed by atoms with Gasteiger partial charge < -0.3 is 10.0 Å². The Hall–Kier alpha value is -1.02. The molecule has 1 fully saturated rings. The third-order valence-corrected chi connectivity index (χ3v) is 3.73. The first-order valence-electron chi connectivity index (χ1n) is 6.70. The molecular weight excluding hydrogens is 210 g/mol. The van der Waals surface area contributed by atoms with Crippen molar-refractivity contribution in [2.75, 3.05) is 18.0 Å². The van der Waals surface area contributed by atoms with E-state index in [0.29, 0.717) is 0 Å². The monoisotopic (exact) mass is 233 g/mol. The third kappa shape index (κ3) is 2.81. The standard InChI is InChI=1S/C15H23NO/c1-3-4-13-7-8-16(10-13)15-6-5-12(2)9-14(15)11-17/h5-6,9,13,17H,3-4,7-8,10-11H2,1-2H3. The van der Waals surface area contributed by atoms with Crippen molar-refractivity contribution in [2.45, 2.75) is 39.7 Å². The lowest BCUT2D eigenvalue weighted by atomic mass is 10.0. The van der Waals surface area contributed by atoms with Crippen LogP contribution in [0.25, 0.3) is 0 Å². The molecule has 0 aromatic heterocycles. The fourth-order valence-corrected chi connectivity index (χ4v) is 2.84. The van der Waals surface area contributed by atoms with Gasteiger partial charge in [0.2, 0.25) is 0 Å². The van der Waals surface area contributed by atoms with Crippen LogP contribution in [0.4, 0.5) is 5.69 Å². The van der Waals surface area contributed by atoms with E-state index >= 15 is 0 Å². The van der Waals surface area contributed by atoms with Crippen molar-refractivity contribution in [3.8, 4) is 0 Å². The van der Waals surface area contributed by atoms with Gasteiger partial charge in [0.1, 0.15) is 0 Å². The molecule has 2 rings (SSSR count). The summed E-state index contributed by atoms with van der Waals surface area (Å²) < 4.78 is 0. The summed E-state index contributed by atoms with van der Waals surface area (Å²) in [5.74, 6) is 0.841. The SMILES string of the molecule is CCCC1CCN(c2ccc(C)cc2CO)C1. The zero-order valence-electron chi connectivity index (χ0n) is 10.9. The zero-order valence-corrected chi connectivity index (χ0v) is 10.9. The summed E-state index contributed by atoms with van der Waals surface area (Å²) in [6.07, 6.45) is 3.91. The summed E-state index contributed by atoms with van der Waals surface area (Å²) in [5.41, 5.74) is 3.53. The van der Waals surface area contributed by atoms with Crippen LogP contribution in [-0.2, 0) is 6.61 Å². The normalized spacial score (nSPS) is 19.9. The molecule has 1 aromatic rings. The van der Waals surface area contributed by atoms with Gasteiger partial charge in [-0.2, -0.15) is 0 Å². The number of hydrogen-bond acceptors (Lipinski definition) is 2. The third-order valence-electron chi connectivity index (χ3n) is 3.73. The quantitative estimate of drug-likeness (QED) is 0.863. The molecule has 1 unspecified atom stereocenters. The van der Waals surface area contributed by atoms with Gasteiger partial charge in [0, 0.05) is 24.3 Å². The predicted octanol–water partition coefficient (Wildman–Crippen LogP) is 3.11. The summed E-state index contributed by atoms with van der Waals surface area (Å²) in [4.78, 5) is 2.44. The van der Waals surface area contributed by atoms with Gasteiger partial charge in [0.25, 0.3) is 0 Å². The molecule has 0 aliphatic carbocycles. The number of anilines is 1. The highest BCUT2D eigenvalue weighted by Gasteiger charge is 2.23. The first-order valence-corrected chi connectivity index (χ1v) is 6.70. The van der Waals surface area contributed by atoms with Crippen molar-refractivity contribution in [1.82, 2.24) is 0 Å². The molecule has 1 aliphatic rings. The van der Waals surface area contributed by atoms with Crippen LogP contribution < -0.4 is 4.90 Å². The van der Waals surface area contributed by atoms with E-state index < -0.39 is 0 Å². The number of hydrogen-bond donors (Lipinski definition) is 1. The van der Waals surface area contributed by atoms with E-state index in [4.69, 9.17) is 0 Å². The Morgan fingerprint density at radius 1 is 1.41 bits per heavy atom.